The fourth-order valence-corrected chi connectivity index (χ4v) is 3.65. The van der Waals surface area contributed by atoms with Gasteiger partial charge in [0.05, 0.1) is 12.5 Å². The lowest BCUT2D eigenvalue weighted by Gasteiger charge is -2.40. The van der Waals surface area contributed by atoms with Crippen LogP contribution in [0.4, 0.5) is 0 Å². The first kappa shape index (κ1) is 17.8. The molecule has 0 atom stereocenters. The van der Waals surface area contributed by atoms with Crippen LogP contribution in [0, 0.1) is 6.92 Å². The molecule has 0 bridgehead atoms. The fourth-order valence-electron chi connectivity index (χ4n) is 3.53. The second-order valence-corrected chi connectivity index (χ2v) is 7.20. The number of amides is 1. The number of nitrogens with one attached hydrogen (secondary N) is 1. The Kier molecular flexibility index (Phi) is 5.33. The Morgan fingerprint density at radius 1 is 1.20 bits per heavy atom. The lowest BCUT2D eigenvalue weighted by atomic mass is 9.64. The standard InChI is InChI=1S/C21H24ClNO2/c1-15-4-9-19(25-2)16(14-15)10-13-23-20(24)21(11-3-12-21)17-5-7-18(22)8-6-17/h4-9,14H,3,10-13H2,1-2H3,(H,23,24). The SMILES string of the molecule is COc1ccc(C)cc1CCNC(=O)C1(c2ccc(Cl)cc2)CCC1. The molecule has 0 heterocycles. The molecular formula is C21H24ClNO2. The number of ether oxygens (including phenoxy) is 1. The highest BCUT2D eigenvalue weighted by Crippen LogP contribution is 2.44. The third-order valence-electron chi connectivity index (χ3n) is 5.15. The maximum absolute atomic E-state index is 12.9. The number of aryl methyl sites for hydroxylation is 1. The van der Waals surface area contributed by atoms with Gasteiger partial charge in [0.1, 0.15) is 5.75 Å². The molecule has 0 aliphatic heterocycles. The first-order valence-electron chi connectivity index (χ1n) is 8.73. The fraction of sp³-hybridized carbons (Fsp3) is 0.381. The number of rotatable bonds is 6. The zero-order chi connectivity index (χ0) is 17.9. The van der Waals surface area contributed by atoms with E-state index in [0.29, 0.717) is 11.6 Å². The molecule has 0 radical (unpaired) electrons. The summed E-state index contributed by atoms with van der Waals surface area (Å²) in [6, 6.07) is 13.8. The van der Waals surface area contributed by atoms with Crippen LogP contribution in [0.5, 0.6) is 5.75 Å². The molecule has 1 fully saturated rings. The summed E-state index contributed by atoms with van der Waals surface area (Å²) in [7, 11) is 1.68. The van der Waals surface area contributed by atoms with Crippen molar-refractivity contribution in [1.29, 1.82) is 0 Å². The third kappa shape index (κ3) is 3.67. The van der Waals surface area contributed by atoms with Gasteiger partial charge in [0.15, 0.2) is 0 Å². The minimum Gasteiger partial charge on any atom is -0.496 e. The quantitative estimate of drug-likeness (QED) is 0.830. The Bertz CT molecular complexity index is 751. The van der Waals surface area contributed by atoms with E-state index < -0.39 is 0 Å². The molecule has 3 rings (SSSR count). The van der Waals surface area contributed by atoms with Crippen LogP contribution in [-0.2, 0) is 16.6 Å². The maximum atomic E-state index is 12.9. The molecule has 3 nitrogen and oxygen atoms in total. The minimum atomic E-state index is -0.388. The first-order chi connectivity index (χ1) is 12.0. The summed E-state index contributed by atoms with van der Waals surface area (Å²) in [6.07, 6.45) is 3.64. The zero-order valence-corrected chi connectivity index (χ0v) is 15.5. The van der Waals surface area contributed by atoms with Crippen molar-refractivity contribution in [1.82, 2.24) is 5.32 Å². The van der Waals surface area contributed by atoms with Crippen LogP contribution < -0.4 is 10.1 Å². The molecule has 1 N–H and O–H groups in total. The molecule has 4 heteroatoms. The highest BCUT2D eigenvalue weighted by Gasteiger charge is 2.45. The van der Waals surface area contributed by atoms with Gasteiger partial charge < -0.3 is 10.1 Å². The molecule has 0 saturated heterocycles. The molecule has 132 valence electrons. The van der Waals surface area contributed by atoms with Crippen molar-refractivity contribution >= 4 is 17.5 Å². The van der Waals surface area contributed by atoms with Crippen molar-refractivity contribution in [3.63, 3.8) is 0 Å². The average molecular weight is 358 g/mol. The van der Waals surface area contributed by atoms with Gasteiger partial charge >= 0.3 is 0 Å². The van der Waals surface area contributed by atoms with E-state index in [9.17, 15) is 4.79 Å². The van der Waals surface area contributed by atoms with E-state index >= 15 is 0 Å². The van der Waals surface area contributed by atoms with Crippen molar-refractivity contribution in [3.05, 3.63) is 64.2 Å². The van der Waals surface area contributed by atoms with Crippen LogP contribution >= 0.6 is 11.6 Å². The highest BCUT2D eigenvalue weighted by atomic mass is 35.5. The van der Waals surface area contributed by atoms with Gasteiger partial charge in [-0.25, -0.2) is 0 Å². The number of carbonyl (C=O) groups excluding carboxylic acids is 1. The van der Waals surface area contributed by atoms with Crippen LogP contribution in [0.25, 0.3) is 0 Å². The lowest BCUT2D eigenvalue weighted by molar-refractivity contribution is -0.129. The normalized spacial score (nSPS) is 15.3. The van der Waals surface area contributed by atoms with Crippen molar-refractivity contribution in [2.75, 3.05) is 13.7 Å². The van der Waals surface area contributed by atoms with Crippen LogP contribution in [0.1, 0.15) is 36.0 Å². The van der Waals surface area contributed by atoms with Gasteiger partial charge in [-0.15, -0.1) is 0 Å². The number of carbonyl (C=O) groups is 1. The van der Waals surface area contributed by atoms with E-state index in [2.05, 4.69) is 18.3 Å². The van der Waals surface area contributed by atoms with E-state index in [0.717, 1.165) is 42.6 Å². The second-order valence-electron chi connectivity index (χ2n) is 6.76. The lowest BCUT2D eigenvalue weighted by Crippen LogP contribution is -2.49. The van der Waals surface area contributed by atoms with Gasteiger partial charge in [-0.2, -0.15) is 0 Å². The molecule has 2 aromatic carbocycles. The van der Waals surface area contributed by atoms with Gasteiger partial charge in [-0.3, -0.25) is 4.79 Å². The van der Waals surface area contributed by atoms with Gasteiger partial charge in [-0.05, 0) is 55.5 Å². The Morgan fingerprint density at radius 3 is 2.52 bits per heavy atom. The Hall–Kier alpha value is -2.00. The zero-order valence-electron chi connectivity index (χ0n) is 14.8. The van der Waals surface area contributed by atoms with Crippen molar-refractivity contribution < 1.29 is 9.53 Å². The van der Waals surface area contributed by atoms with E-state index in [4.69, 9.17) is 16.3 Å². The van der Waals surface area contributed by atoms with E-state index in [1.165, 1.54) is 5.56 Å². The average Bonchev–Trinajstić information content (AvgIpc) is 2.56. The largest absolute Gasteiger partial charge is 0.496 e. The highest BCUT2D eigenvalue weighted by molar-refractivity contribution is 6.30. The molecule has 0 unspecified atom stereocenters. The predicted molar refractivity (Wildman–Crippen MR) is 101 cm³/mol. The molecular weight excluding hydrogens is 334 g/mol. The van der Waals surface area contributed by atoms with Gasteiger partial charge in [0.25, 0.3) is 0 Å². The van der Waals surface area contributed by atoms with Crippen molar-refractivity contribution in [2.45, 2.75) is 38.0 Å². The van der Waals surface area contributed by atoms with Crippen LogP contribution in [0.3, 0.4) is 0 Å². The van der Waals surface area contributed by atoms with Crippen molar-refractivity contribution in [3.8, 4) is 5.75 Å². The maximum Gasteiger partial charge on any atom is 0.230 e. The summed E-state index contributed by atoms with van der Waals surface area (Å²) in [5.74, 6) is 0.989. The summed E-state index contributed by atoms with van der Waals surface area (Å²) in [5.41, 5.74) is 2.99. The summed E-state index contributed by atoms with van der Waals surface area (Å²) < 4.78 is 5.41. The Morgan fingerprint density at radius 2 is 1.92 bits per heavy atom. The minimum absolute atomic E-state index is 0.118. The smallest absolute Gasteiger partial charge is 0.230 e. The van der Waals surface area contributed by atoms with Gasteiger partial charge in [0.2, 0.25) is 5.91 Å². The van der Waals surface area contributed by atoms with Crippen LogP contribution in [0.2, 0.25) is 5.02 Å². The van der Waals surface area contributed by atoms with E-state index in [1.807, 2.05) is 36.4 Å². The number of methoxy groups -OCH3 is 1. The molecule has 25 heavy (non-hydrogen) atoms. The molecule has 1 saturated carbocycles. The van der Waals surface area contributed by atoms with Crippen LogP contribution in [-0.4, -0.2) is 19.6 Å². The number of halogens is 1. The molecule has 0 aromatic heterocycles. The number of benzene rings is 2. The van der Waals surface area contributed by atoms with Gasteiger partial charge in [-0.1, -0.05) is 47.9 Å². The summed E-state index contributed by atoms with van der Waals surface area (Å²) >= 11 is 5.98. The van der Waals surface area contributed by atoms with Gasteiger partial charge in [0, 0.05) is 11.6 Å². The third-order valence-corrected chi connectivity index (χ3v) is 5.41. The number of hydrogen-bond donors (Lipinski definition) is 1. The van der Waals surface area contributed by atoms with E-state index in [1.54, 1.807) is 7.11 Å². The Balaban J connectivity index is 1.66. The molecule has 0 spiro atoms. The molecule has 1 amide bonds. The predicted octanol–water partition coefficient (Wildman–Crippen LogP) is 4.44. The monoisotopic (exact) mass is 357 g/mol. The summed E-state index contributed by atoms with van der Waals surface area (Å²) in [4.78, 5) is 12.9. The van der Waals surface area contributed by atoms with Crippen molar-refractivity contribution in [2.24, 2.45) is 0 Å². The van der Waals surface area contributed by atoms with E-state index in [-0.39, 0.29) is 11.3 Å². The topological polar surface area (TPSA) is 38.3 Å². The Labute approximate surface area is 154 Å². The van der Waals surface area contributed by atoms with Crippen LogP contribution in [0.15, 0.2) is 42.5 Å². The second kappa shape index (κ2) is 7.49. The number of hydrogen-bond acceptors (Lipinski definition) is 2. The summed E-state index contributed by atoms with van der Waals surface area (Å²) in [5, 5.41) is 3.83. The molecule has 1 aliphatic carbocycles. The summed E-state index contributed by atoms with van der Waals surface area (Å²) in [6.45, 7) is 2.67. The molecule has 2 aromatic rings. The first-order valence-corrected chi connectivity index (χ1v) is 9.11. The molecule has 1 aliphatic rings.